The molecule has 0 saturated carbocycles. The summed E-state index contributed by atoms with van der Waals surface area (Å²) in [5.74, 6) is 0.709. The van der Waals surface area contributed by atoms with E-state index in [1.54, 1.807) is 17.5 Å². The van der Waals surface area contributed by atoms with Crippen molar-refractivity contribution in [2.45, 2.75) is 13.0 Å². The van der Waals surface area contributed by atoms with Crippen LogP contribution in [0.4, 0.5) is 5.88 Å². The predicted molar refractivity (Wildman–Crippen MR) is 52.9 cm³/mol. The van der Waals surface area contributed by atoms with Crippen LogP contribution >= 0.6 is 11.3 Å². The molecule has 0 aliphatic heterocycles. The number of hydrogen-bond acceptors (Lipinski definition) is 4. The predicted octanol–water partition coefficient (Wildman–Crippen LogP) is 2.91. The van der Waals surface area contributed by atoms with Gasteiger partial charge < -0.3 is 9.84 Å². The van der Waals surface area contributed by atoms with Crippen LogP contribution in [0.5, 0.6) is 0 Å². The molecule has 0 radical (unpaired) electrons. The molecular weight excluding hydrogens is 184 g/mol. The first kappa shape index (κ1) is 8.31. The standard InChI is InChI=1S/C9H10N2OS/c1-7(8-3-2-6-13-8)11-9-4-5-10-12-9/h2-7,11H,1H3. The van der Waals surface area contributed by atoms with Gasteiger partial charge in [0.15, 0.2) is 0 Å². The smallest absolute Gasteiger partial charge is 0.225 e. The van der Waals surface area contributed by atoms with Gasteiger partial charge in [-0.05, 0) is 18.4 Å². The van der Waals surface area contributed by atoms with Gasteiger partial charge in [0, 0.05) is 10.9 Å². The molecule has 2 heterocycles. The fourth-order valence-electron chi connectivity index (χ4n) is 1.11. The number of aromatic nitrogens is 1. The highest BCUT2D eigenvalue weighted by molar-refractivity contribution is 7.10. The van der Waals surface area contributed by atoms with E-state index in [2.05, 4.69) is 28.8 Å². The summed E-state index contributed by atoms with van der Waals surface area (Å²) in [5.41, 5.74) is 0. The third kappa shape index (κ3) is 1.89. The maximum absolute atomic E-state index is 4.95. The lowest BCUT2D eigenvalue weighted by Crippen LogP contribution is -2.03. The van der Waals surface area contributed by atoms with E-state index in [9.17, 15) is 0 Å². The molecule has 1 unspecified atom stereocenters. The van der Waals surface area contributed by atoms with E-state index in [4.69, 9.17) is 4.52 Å². The Morgan fingerprint density at radius 2 is 2.46 bits per heavy atom. The fraction of sp³-hybridized carbons (Fsp3) is 0.222. The molecule has 68 valence electrons. The highest BCUT2D eigenvalue weighted by atomic mass is 32.1. The van der Waals surface area contributed by atoms with Crippen molar-refractivity contribution in [3.63, 3.8) is 0 Å². The minimum atomic E-state index is 0.271. The summed E-state index contributed by atoms with van der Waals surface area (Å²) in [5, 5.41) is 8.89. The van der Waals surface area contributed by atoms with Gasteiger partial charge in [0.2, 0.25) is 5.88 Å². The average Bonchev–Trinajstić information content (AvgIpc) is 2.74. The number of hydrogen-bond donors (Lipinski definition) is 1. The largest absolute Gasteiger partial charge is 0.347 e. The van der Waals surface area contributed by atoms with E-state index in [-0.39, 0.29) is 6.04 Å². The molecule has 0 spiro atoms. The molecule has 0 aromatic carbocycles. The monoisotopic (exact) mass is 194 g/mol. The van der Waals surface area contributed by atoms with Crippen LogP contribution in [0.3, 0.4) is 0 Å². The lowest BCUT2D eigenvalue weighted by molar-refractivity contribution is 0.429. The average molecular weight is 194 g/mol. The second kappa shape index (κ2) is 3.62. The Bertz CT molecular complexity index is 342. The Balaban J connectivity index is 2.04. The molecule has 0 aliphatic rings. The Morgan fingerprint density at radius 1 is 1.54 bits per heavy atom. The van der Waals surface area contributed by atoms with Crippen molar-refractivity contribution in [3.8, 4) is 0 Å². The van der Waals surface area contributed by atoms with E-state index >= 15 is 0 Å². The normalized spacial score (nSPS) is 12.7. The first-order valence-corrected chi connectivity index (χ1v) is 4.95. The number of thiophene rings is 1. The van der Waals surface area contributed by atoms with E-state index in [1.807, 2.05) is 12.1 Å². The summed E-state index contributed by atoms with van der Waals surface area (Å²) < 4.78 is 4.95. The summed E-state index contributed by atoms with van der Waals surface area (Å²) >= 11 is 1.73. The van der Waals surface area contributed by atoms with Crippen LogP contribution in [0.25, 0.3) is 0 Å². The third-order valence-electron chi connectivity index (χ3n) is 1.77. The van der Waals surface area contributed by atoms with Crippen molar-refractivity contribution in [2.75, 3.05) is 5.32 Å². The van der Waals surface area contributed by atoms with Crippen molar-refractivity contribution < 1.29 is 4.52 Å². The lowest BCUT2D eigenvalue weighted by Gasteiger charge is -2.09. The second-order valence-corrected chi connectivity index (χ2v) is 3.74. The summed E-state index contributed by atoms with van der Waals surface area (Å²) in [4.78, 5) is 1.29. The van der Waals surface area contributed by atoms with Crippen LogP contribution in [0.15, 0.2) is 34.3 Å². The zero-order chi connectivity index (χ0) is 9.10. The SMILES string of the molecule is CC(Nc1ccno1)c1cccs1. The van der Waals surface area contributed by atoms with Gasteiger partial charge in [0.1, 0.15) is 0 Å². The topological polar surface area (TPSA) is 38.1 Å². The van der Waals surface area contributed by atoms with Gasteiger partial charge in [0.25, 0.3) is 0 Å². The van der Waals surface area contributed by atoms with Crippen molar-refractivity contribution in [2.24, 2.45) is 0 Å². The first-order chi connectivity index (χ1) is 6.36. The van der Waals surface area contributed by atoms with E-state index in [0.29, 0.717) is 5.88 Å². The molecule has 0 fully saturated rings. The summed E-state index contributed by atoms with van der Waals surface area (Å²) in [6, 6.07) is 6.22. The molecule has 1 atom stereocenters. The molecule has 1 N–H and O–H groups in total. The van der Waals surface area contributed by atoms with E-state index < -0.39 is 0 Å². The van der Waals surface area contributed by atoms with Gasteiger partial charge in [-0.25, -0.2) is 0 Å². The number of nitrogens with one attached hydrogen (secondary N) is 1. The lowest BCUT2D eigenvalue weighted by atomic mass is 10.3. The molecule has 0 saturated heterocycles. The molecule has 2 rings (SSSR count). The number of anilines is 1. The number of rotatable bonds is 3. The molecule has 3 nitrogen and oxygen atoms in total. The van der Waals surface area contributed by atoms with Crippen LogP contribution in [-0.4, -0.2) is 5.16 Å². The highest BCUT2D eigenvalue weighted by Crippen LogP contribution is 2.22. The second-order valence-electron chi connectivity index (χ2n) is 2.76. The molecular formula is C9H10N2OS. The fourth-order valence-corrected chi connectivity index (χ4v) is 1.85. The molecule has 4 heteroatoms. The van der Waals surface area contributed by atoms with Crippen LogP contribution < -0.4 is 5.32 Å². The molecule has 2 aromatic rings. The first-order valence-electron chi connectivity index (χ1n) is 4.07. The molecule has 13 heavy (non-hydrogen) atoms. The van der Waals surface area contributed by atoms with Gasteiger partial charge in [-0.3, -0.25) is 0 Å². The molecule has 0 bridgehead atoms. The van der Waals surface area contributed by atoms with Crippen molar-refractivity contribution in [3.05, 3.63) is 34.7 Å². The van der Waals surface area contributed by atoms with Crippen molar-refractivity contribution >= 4 is 17.2 Å². The van der Waals surface area contributed by atoms with Crippen molar-refractivity contribution in [1.29, 1.82) is 0 Å². The zero-order valence-corrected chi connectivity index (χ0v) is 8.04. The Kier molecular flexibility index (Phi) is 2.31. The van der Waals surface area contributed by atoms with Crippen LogP contribution in [0.2, 0.25) is 0 Å². The number of nitrogens with zero attached hydrogens (tertiary/aromatic N) is 1. The Labute approximate surface area is 80.4 Å². The summed E-state index contributed by atoms with van der Waals surface area (Å²) in [7, 11) is 0. The Hall–Kier alpha value is -1.29. The molecule has 0 aliphatic carbocycles. The van der Waals surface area contributed by atoms with E-state index in [0.717, 1.165) is 0 Å². The van der Waals surface area contributed by atoms with Gasteiger partial charge >= 0.3 is 0 Å². The van der Waals surface area contributed by atoms with Gasteiger partial charge in [0.05, 0.1) is 12.2 Å². The summed E-state index contributed by atoms with van der Waals surface area (Å²) in [6.07, 6.45) is 1.63. The molecule has 0 amide bonds. The third-order valence-corrected chi connectivity index (χ3v) is 2.82. The van der Waals surface area contributed by atoms with Gasteiger partial charge in [-0.15, -0.1) is 11.3 Å². The summed E-state index contributed by atoms with van der Waals surface area (Å²) in [6.45, 7) is 2.09. The van der Waals surface area contributed by atoms with E-state index in [1.165, 1.54) is 4.88 Å². The van der Waals surface area contributed by atoms with Crippen molar-refractivity contribution in [1.82, 2.24) is 5.16 Å². The van der Waals surface area contributed by atoms with Crippen LogP contribution in [0, 0.1) is 0 Å². The highest BCUT2D eigenvalue weighted by Gasteiger charge is 2.07. The zero-order valence-electron chi connectivity index (χ0n) is 7.23. The maximum atomic E-state index is 4.95. The quantitative estimate of drug-likeness (QED) is 0.816. The van der Waals surface area contributed by atoms with Gasteiger partial charge in [-0.1, -0.05) is 11.2 Å². The minimum absolute atomic E-state index is 0.271. The van der Waals surface area contributed by atoms with Crippen LogP contribution in [-0.2, 0) is 0 Å². The minimum Gasteiger partial charge on any atom is -0.347 e. The Morgan fingerprint density at radius 3 is 3.08 bits per heavy atom. The molecule has 2 aromatic heterocycles. The maximum Gasteiger partial charge on any atom is 0.225 e. The van der Waals surface area contributed by atoms with Crippen LogP contribution in [0.1, 0.15) is 17.8 Å². The van der Waals surface area contributed by atoms with Gasteiger partial charge in [-0.2, -0.15) is 0 Å².